The van der Waals surface area contributed by atoms with E-state index in [0.29, 0.717) is 6.04 Å². The summed E-state index contributed by atoms with van der Waals surface area (Å²) in [5, 5.41) is 3.47. The molecule has 2 nitrogen and oxygen atoms in total. The van der Waals surface area contributed by atoms with Crippen LogP contribution in [0.3, 0.4) is 0 Å². The van der Waals surface area contributed by atoms with Gasteiger partial charge in [0.25, 0.3) is 0 Å². The van der Waals surface area contributed by atoms with Crippen molar-refractivity contribution < 1.29 is 4.74 Å². The number of terminal acetylenes is 1. The van der Waals surface area contributed by atoms with Crippen LogP contribution in [0, 0.1) is 12.3 Å². The van der Waals surface area contributed by atoms with Crippen molar-refractivity contribution in [2.75, 3.05) is 13.7 Å². The van der Waals surface area contributed by atoms with Crippen LogP contribution in [0.15, 0.2) is 24.3 Å². The molecule has 1 aromatic carbocycles. The maximum atomic E-state index is 5.21. The van der Waals surface area contributed by atoms with Crippen LogP contribution < -0.4 is 10.1 Å². The van der Waals surface area contributed by atoms with Gasteiger partial charge >= 0.3 is 0 Å². The Morgan fingerprint density at radius 2 is 2.06 bits per heavy atom. The summed E-state index contributed by atoms with van der Waals surface area (Å²) in [5.41, 5.74) is 1.32. The summed E-state index contributed by atoms with van der Waals surface area (Å²) >= 11 is 0. The van der Waals surface area contributed by atoms with Gasteiger partial charge in [0.1, 0.15) is 5.75 Å². The van der Waals surface area contributed by atoms with Crippen molar-refractivity contribution in [3.05, 3.63) is 29.8 Å². The zero-order chi connectivity index (χ0) is 12.5. The molecule has 0 spiro atoms. The van der Waals surface area contributed by atoms with E-state index in [4.69, 9.17) is 11.2 Å². The molecule has 1 unspecified atom stereocenters. The predicted molar refractivity (Wildman–Crippen MR) is 72.2 cm³/mol. The lowest BCUT2D eigenvalue weighted by molar-refractivity contribution is 0.414. The first-order chi connectivity index (χ1) is 8.26. The minimum Gasteiger partial charge on any atom is -0.497 e. The second-order valence-corrected chi connectivity index (χ2v) is 4.22. The summed E-state index contributed by atoms with van der Waals surface area (Å²) < 4.78 is 5.13. The molecule has 92 valence electrons. The number of ether oxygens (including phenoxy) is 1. The highest BCUT2D eigenvalue weighted by atomic mass is 16.5. The van der Waals surface area contributed by atoms with Gasteiger partial charge in [-0.2, -0.15) is 0 Å². The highest BCUT2D eigenvalue weighted by Gasteiger charge is 2.02. The van der Waals surface area contributed by atoms with E-state index in [-0.39, 0.29) is 0 Å². The molecule has 2 heteroatoms. The van der Waals surface area contributed by atoms with Gasteiger partial charge in [0.05, 0.1) is 7.11 Å². The first-order valence-corrected chi connectivity index (χ1v) is 6.06. The van der Waals surface area contributed by atoms with E-state index in [9.17, 15) is 0 Å². The van der Waals surface area contributed by atoms with E-state index in [0.717, 1.165) is 31.6 Å². The van der Waals surface area contributed by atoms with E-state index < -0.39 is 0 Å². The quantitative estimate of drug-likeness (QED) is 0.575. The molecule has 0 amide bonds. The maximum absolute atomic E-state index is 5.21. The molecule has 0 aromatic heterocycles. The SMILES string of the molecule is C#CCCCNC(C)Cc1ccc(OC)cc1. The molecular weight excluding hydrogens is 210 g/mol. The average Bonchev–Trinajstić information content (AvgIpc) is 2.36. The second-order valence-electron chi connectivity index (χ2n) is 4.22. The fraction of sp³-hybridized carbons (Fsp3) is 0.467. The Labute approximate surface area is 104 Å². The first kappa shape index (κ1) is 13.6. The lowest BCUT2D eigenvalue weighted by atomic mass is 10.1. The number of hydrogen-bond acceptors (Lipinski definition) is 2. The van der Waals surface area contributed by atoms with Gasteiger partial charge in [-0.05, 0) is 44.0 Å². The Balaban J connectivity index is 2.29. The third-order valence-electron chi connectivity index (χ3n) is 2.69. The lowest BCUT2D eigenvalue weighted by Gasteiger charge is -2.13. The zero-order valence-corrected chi connectivity index (χ0v) is 10.7. The van der Waals surface area contributed by atoms with Crippen molar-refractivity contribution in [1.82, 2.24) is 5.32 Å². The van der Waals surface area contributed by atoms with Crippen LogP contribution in [0.2, 0.25) is 0 Å². The Morgan fingerprint density at radius 3 is 2.65 bits per heavy atom. The monoisotopic (exact) mass is 231 g/mol. The second kappa shape index (κ2) is 7.76. The van der Waals surface area contributed by atoms with Crippen molar-refractivity contribution >= 4 is 0 Å². The summed E-state index contributed by atoms with van der Waals surface area (Å²) in [6.07, 6.45) is 8.13. The van der Waals surface area contributed by atoms with E-state index in [1.807, 2.05) is 12.1 Å². The Kier molecular flexibility index (Phi) is 6.21. The summed E-state index contributed by atoms with van der Waals surface area (Å²) in [6, 6.07) is 8.69. The molecule has 1 rings (SSSR count). The molecule has 0 saturated carbocycles. The fourth-order valence-corrected chi connectivity index (χ4v) is 1.73. The molecule has 0 heterocycles. The first-order valence-electron chi connectivity index (χ1n) is 6.06. The molecule has 0 aliphatic rings. The number of benzene rings is 1. The van der Waals surface area contributed by atoms with Crippen LogP contribution >= 0.6 is 0 Å². The molecule has 0 radical (unpaired) electrons. The largest absolute Gasteiger partial charge is 0.497 e. The van der Waals surface area contributed by atoms with E-state index in [2.05, 4.69) is 30.3 Å². The Hall–Kier alpha value is -1.46. The predicted octanol–water partition coefficient (Wildman–Crippen LogP) is 2.63. The third kappa shape index (κ3) is 5.42. The van der Waals surface area contributed by atoms with E-state index in [1.54, 1.807) is 7.11 Å². The molecule has 17 heavy (non-hydrogen) atoms. The molecular formula is C15H21NO. The van der Waals surface area contributed by atoms with Crippen LogP contribution in [-0.4, -0.2) is 19.7 Å². The summed E-state index contributed by atoms with van der Waals surface area (Å²) in [7, 11) is 1.69. The minimum absolute atomic E-state index is 0.473. The zero-order valence-electron chi connectivity index (χ0n) is 10.7. The van der Waals surface area contributed by atoms with Crippen LogP contribution in [0.5, 0.6) is 5.75 Å². The number of nitrogens with one attached hydrogen (secondary N) is 1. The summed E-state index contributed by atoms with van der Waals surface area (Å²) in [4.78, 5) is 0. The van der Waals surface area contributed by atoms with Crippen LogP contribution in [0.4, 0.5) is 0 Å². The number of unbranched alkanes of at least 4 members (excludes halogenated alkanes) is 1. The highest BCUT2D eigenvalue weighted by molar-refractivity contribution is 5.27. The number of hydrogen-bond donors (Lipinski definition) is 1. The molecule has 1 aromatic rings. The Bertz CT molecular complexity index is 350. The number of methoxy groups -OCH3 is 1. The van der Waals surface area contributed by atoms with Gasteiger partial charge < -0.3 is 10.1 Å². The Morgan fingerprint density at radius 1 is 1.35 bits per heavy atom. The van der Waals surface area contributed by atoms with E-state index in [1.165, 1.54) is 5.56 Å². The molecule has 0 fully saturated rings. The van der Waals surface area contributed by atoms with Gasteiger partial charge in [-0.15, -0.1) is 12.3 Å². The highest BCUT2D eigenvalue weighted by Crippen LogP contribution is 2.12. The van der Waals surface area contributed by atoms with Crippen LogP contribution in [0.1, 0.15) is 25.3 Å². The minimum atomic E-state index is 0.473. The summed E-state index contributed by atoms with van der Waals surface area (Å²) in [5.74, 6) is 3.56. The fourth-order valence-electron chi connectivity index (χ4n) is 1.73. The van der Waals surface area contributed by atoms with Crippen LogP contribution in [0.25, 0.3) is 0 Å². The van der Waals surface area contributed by atoms with Gasteiger partial charge in [0.2, 0.25) is 0 Å². The van der Waals surface area contributed by atoms with Gasteiger partial charge in [0.15, 0.2) is 0 Å². The van der Waals surface area contributed by atoms with Crippen molar-refractivity contribution in [2.24, 2.45) is 0 Å². The smallest absolute Gasteiger partial charge is 0.118 e. The molecule has 0 aliphatic carbocycles. The lowest BCUT2D eigenvalue weighted by Crippen LogP contribution is -2.28. The van der Waals surface area contributed by atoms with Gasteiger partial charge in [-0.1, -0.05) is 12.1 Å². The topological polar surface area (TPSA) is 21.3 Å². The molecule has 0 aliphatic heterocycles. The van der Waals surface area contributed by atoms with Gasteiger partial charge in [-0.3, -0.25) is 0 Å². The van der Waals surface area contributed by atoms with Gasteiger partial charge in [-0.25, -0.2) is 0 Å². The van der Waals surface area contributed by atoms with Crippen molar-refractivity contribution in [3.63, 3.8) is 0 Å². The van der Waals surface area contributed by atoms with Crippen LogP contribution in [-0.2, 0) is 6.42 Å². The molecule has 1 N–H and O–H groups in total. The standard InChI is InChI=1S/C15H21NO/c1-4-5-6-11-16-13(2)12-14-7-9-15(17-3)10-8-14/h1,7-10,13,16H,5-6,11-12H2,2-3H3. The molecule has 1 atom stereocenters. The average molecular weight is 231 g/mol. The van der Waals surface area contributed by atoms with Crippen molar-refractivity contribution in [2.45, 2.75) is 32.2 Å². The molecule has 0 bridgehead atoms. The molecule has 0 saturated heterocycles. The van der Waals surface area contributed by atoms with Crippen molar-refractivity contribution in [3.8, 4) is 18.1 Å². The number of rotatable bonds is 7. The summed E-state index contributed by atoms with van der Waals surface area (Å²) in [6.45, 7) is 3.18. The van der Waals surface area contributed by atoms with E-state index >= 15 is 0 Å². The van der Waals surface area contributed by atoms with Crippen molar-refractivity contribution in [1.29, 1.82) is 0 Å². The van der Waals surface area contributed by atoms with Gasteiger partial charge in [0, 0.05) is 12.5 Å². The maximum Gasteiger partial charge on any atom is 0.118 e. The third-order valence-corrected chi connectivity index (χ3v) is 2.69. The normalized spacial score (nSPS) is 11.8.